The van der Waals surface area contributed by atoms with Crippen molar-refractivity contribution in [3.63, 3.8) is 0 Å². The van der Waals surface area contributed by atoms with Crippen LogP contribution >= 0.6 is 0 Å². The predicted octanol–water partition coefficient (Wildman–Crippen LogP) is 0.860. The van der Waals surface area contributed by atoms with E-state index in [4.69, 9.17) is 4.74 Å². The lowest BCUT2D eigenvalue weighted by molar-refractivity contribution is 0.153. The molecule has 122 valence electrons. The lowest BCUT2D eigenvalue weighted by Crippen LogP contribution is -2.35. The highest BCUT2D eigenvalue weighted by atomic mass is 32.2. The average Bonchev–Trinajstić information content (AvgIpc) is 2.90. The molecule has 8 heteroatoms. The van der Waals surface area contributed by atoms with Crippen LogP contribution in [0.3, 0.4) is 0 Å². The van der Waals surface area contributed by atoms with E-state index in [0.717, 1.165) is 13.0 Å². The summed E-state index contributed by atoms with van der Waals surface area (Å²) < 4.78 is 32.4. The van der Waals surface area contributed by atoms with E-state index in [2.05, 4.69) is 20.2 Å². The second-order valence-electron chi connectivity index (χ2n) is 5.74. The Morgan fingerprint density at radius 1 is 1.43 bits per heavy atom. The first kappa shape index (κ1) is 18.1. The molecule has 0 bridgehead atoms. The zero-order chi connectivity index (χ0) is 15.9. The molecule has 0 fully saturated rings. The molecule has 0 radical (unpaired) electrons. The van der Waals surface area contributed by atoms with Gasteiger partial charge in [-0.1, -0.05) is 20.8 Å². The number of hydrogen-bond donors (Lipinski definition) is 3. The molecule has 0 atom stereocenters. The summed E-state index contributed by atoms with van der Waals surface area (Å²) in [5.74, 6) is 0. The van der Waals surface area contributed by atoms with E-state index in [9.17, 15) is 8.42 Å². The maximum atomic E-state index is 12.4. The summed E-state index contributed by atoms with van der Waals surface area (Å²) in [7, 11) is -1.95. The van der Waals surface area contributed by atoms with E-state index in [-0.39, 0.29) is 10.4 Å². The van der Waals surface area contributed by atoms with E-state index in [1.165, 1.54) is 6.20 Å². The summed E-state index contributed by atoms with van der Waals surface area (Å²) in [4.78, 5) is 0. The Hall–Kier alpha value is -0.960. The molecular formula is C13H26N4O3S. The van der Waals surface area contributed by atoms with Crippen LogP contribution < -0.4 is 10.0 Å². The molecule has 1 aromatic heterocycles. The third-order valence-electron chi connectivity index (χ3n) is 3.24. The number of sulfonamides is 1. The van der Waals surface area contributed by atoms with Crippen molar-refractivity contribution in [3.05, 3.63) is 11.8 Å². The number of nitrogens with one attached hydrogen (secondary N) is 3. The molecule has 0 spiro atoms. The minimum absolute atomic E-state index is 0.131. The largest absolute Gasteiger partial charge is 0.385 e. The number of hydrogen-bond acceptors (Lipinski definition) is 5. The van der Waals surface area contributed by atoms with Crippen LogP contribution in [-0.4, -0.2) is 45.4 Å². The monoisotopic (exact) mass is 318 g/mol. The van der Waals surface area contributed by atoms with Crippen LogP contribution in [0, 0.1) is 5.41 Å². The number of H-pyrrole nitrogens is 1. The minimum Gasteiger partial charge on any atom is -0.385 e. The Balaban J connectivity index is 2.71. The van der Waals surface area contributed by atoms with E-state index < -0.39 is 10.0 Å². The molecule has 7 nitrogen and oxygen atoms in total. The van der Waals surface area contributed by atoms with Crippen molar-refractivity contribution >= 4 is 10.0 Å². The Labute approximate surface area is 126 Å². The molecule has 1 aromatic rings. The predicted molar refractivity (Wildman–Crippen MR) is 81.4 cm³/mol. The molecule has 0 unspecified atom stereocenters. The van der Waals surface area contributed by atoms with Crippen LogP contribution in [0.15, 0.2) is 11.2 Å². The summed E-state index contributed by atoms with van der Waals surface area (Å²) in [5.41, 5.74) is 0.462. The molecule has 0 saturated heterocycles. The Morgan fingerprint density at radius 3 is 2.76 bits per heavy atom. The summed E-state index contributed by atoms with van der Waals surface area (Å²) in [6.07, 6.45) is 2.31. The fraction of sp³-hybridized carbons (Fsp3) is 0.769. The van der Waals surface area contributed by atoms with Gasteiger partial charge in [-0.25, -0.2) is 13.1 Å². The lowest BCUT2D eigenvalue weighted by Gasteiger charge is -2.24. The Kier molecular flexibility index (Phi) is 6.79. The molecule has 0 aliphatic carbocycles. The average molecular weight is 318 g/mol. The number of aromatic nitrogens is 2. The molecule has 1 heterocycles. The highest BCUT2D eigenvalue weighted by Crippen LogP contribution is 2.20. The third kappa shape index (κ3) is 5.74. The summed E-state index contributed by atoms with van der Waals surface area (Å²) in [5, 5.41) is 9.63. The minimum atomic E-state index is -3.59. The molecule has 0 aliphatic rings. The van der Waals surface area contributed by atoms with Crippen molar-refractivity contribution in [1.82, 2.24) is 20.2 Å². The van der Waals surface area contributed by atoms with Crippen LogP contribution in [0.2, 0.25) is 0 Å². The molecular weight excluding hydrogens is 292 g/mol. The highest BCUT2D eigenvalue weighted by Gasteiger charge is 2.25. The Bertz CT molecular complexity index is 525. The van der Waals surface area contributed by atoms with Gasteiger partial charge in [-0.3, -0.25) is 5.10 Å². The van der Waals surface area contributed by atoms with Crippen LogP contribution in [0.25, 0.3) is 0 Å². The van der Waals surface area contributed by atoms with Gasteiger partial charge in [-0.2, -0.15) is 5.10 Å². The zero-order valence-electron chi connectivity index (χ0n) is 13.2. The van der Waals surface area contributed by atoms with Crippen LogP contribution in [0.5, 0.6) is 0 Å². The zero-order valence-corrected chi connectivity index (χ0v) is 14.0. The van der Waals surface area contributed by atoms with Gasteiger partial charge in [0.25, 0.3) is 10.0 Å². The van der Waals surface area contributed by atoms with Crippen molar-refractivity contribution in [2.24, 2.45) is 5.41 Å². The quantitative estimate of drug-likeness (QED) is 0.594. The first-order valence-electron chi connectivity index (χ1n) is 7.04. The highest BCUT2D eigenvalue weighted by molar-refractivity contribution is 7.89. The topological polar surface area (TPSA) is 96.1 Å². The van der Waals surface area contributed by atoms with Gasteiger partial charge < -0.3 is 10.1 Å². The molecule has 21 heavy (non-hydrogen) atoms. The Morgan fingerprint density at radius 2 is 2.14 bits per heavy atom. The molecule has 0 amide bonds. The van der Waals surface area contributed by atoms with Gasteiger partial charge in [-0.15, -0.1) is 0 Å². The van der Waals surface area contributed by atoms with E-state index in [1.807, 2.05) is 20.8 Å². The summed E-state index contributed by atoms with van der Waals surface area (Å²) in [6.45, 7) is 8.15. The smallest absolute Gasteiger partial charge is 0.257 e. The van der Waals surface area contributed by atoms with Gasteiger partial charge in [0.2, 0.25) is 0 Å². The van der Waals surface area contributed by atoms with Gasteiger partial charge in [0.15, 0.2) is 5.03 Å². The van der Waals surface area contributed by atoms with Gasteiger partial charge >= 0.3 is 0 Å². The van der Waals surface area contributed by atoms with Gasteiger partial charge in [0.1, 0.15) is 0 Å². The second-order valence-corrected chi connectivity index (χ2v) is 7.44. The van der Waals surface area contributed by atoms with Crippen LogP contribution in [0.1, 0.15) is 32.8 Å². The van der Waals surface area contributed by atoms with Crippen molar-refractivity contribution in [1.29, 1.82) is 0 Å². The van der Waals surface area contributed by atoms with Crippen molar-refractivity contribution in [2.45, 2.75) is 38.8 Å². The first-order chi connectivity index (χ1) is 9.82. The second kappa shape index (κ2) is 7.88. The van der Waals surface area contributed by atoms with E-state index in [0.29, 0.717) is 25.3 Å². The van der Waals surface area contributed by atoms with Crippen LogP contribution in [0.4, 0.5) is 0 Å². The van der Waals surface area contributed by atoms with E-state index >= 15 is 0 Å². The molecule has 1 rings (SSSR count). The summed E-state index contributed by atoms with van der Waals surface area (Å²) >= 11 is 0. The normalized spacial score (nSPS) is 12.8. The number of methoxy groups -OCH3 is 1. The maximum absolute atomic E-state index is 12.4. The number of rotatable bonds is 10. The lowest BCUT2D eigenvalue weighted by atomic mass is 9.90. The van der Waals surface area contributed by atoms with Gasteiger partial charge in [0, 0.05) is 32.4 Å². The standard InChI is InChI=1S/C13H26N4O3S/c1-5-14-8-11-9-15-17-12(11)21(18,19)16-10-13(2,3)6-7-20-4/h9,14,16H,5-8,10H2,1-4H3,(H,15,17). The first-order valence-corrected chi connectivity index (χ1v) is 8.52. The van der Waals surface area contributed by atoms with Crippen molar-refractivity contribution < 1.29 is 13.2 Å². The van der Waals surface area contributed by atoms with Crippen LogP contribution in [-0.2, 0) is 21.3 Å². The molecule has 0 saturated carbocycles. The molecule has 3 N–H and O–H groups in total. The molecule has 0 aliphatic heterocycles. The fourth-order valence-corrected chi connectivity index (χ4v) is 3.11. The number of aromatic amines is 1. The van der Waals surface area contributed by atoms with Gasteiger partial charge in [-0.05, 0) is 18.4 Å². The van der Waals surface area contributed by atoms with Crippen molar-refractivity contribution in [3.8, 4) is 0 Å². The summed E-state index contributed by atoms with van der Waals surface area (Å²) in [6, 6.07) is 0. The third-order valence-corrected chi connectivity index (χ3v) is 4.65. The van der Waals surface area contributed by atoms with E-state index in [1.54, 1.807) is 7.11 Å². The molecule has 0 aromatic carbocycles. The number of ether oxygens (including phenoxy) is 1. The SMILES string of the molecule is CCNCc1cn[nH]c1S(=O)(=O)NCC(C)(C)CCOC. The van der Waals surface area contributed by atoms with Crippen molar-refractivity contribution in [2.75, 3.05) is 26.8 Å². The fourth-order valence-electron chi connectivity index (χ4n) is 1.75. The maximum Gasteiger partial charge on any atom is 0.257 e. The number of nitrogens with zero attached hydrogens (tertiary/aromatic N) is 1. The van der Waals surface area contributed by atoms with Gasteiger partial charge in [0.05, 0.1) is 6.20 Å².